The topological polar surface area (TPSA) is 79.4 Å². The van der Waals surface area contributed by atoms with Gasteiger partial charge in [0.2, 0.25) is 0 Å². The van der Waals surface area contributed by atoms with Gasteiger partial charge in [-0.05, 0) is 48.4 Å². The Balaban J connectivity index is 1.41. The maximum Gasteiger partial charge on any atom is 0.289 e. The number of aromatic amines is 1. The molecular weight excluding hydrogens is 468 g/mol. The Morgan fingerprint density at radius 3 is 2.59 bits per heavy atom. The summed E-state index contributed by atoms with van der Waals surface area (Å²) in [5, 5.41) is 11.2. The molecule has 0 spiro atoms. The van der Waals surface area contributed by atoms with E-state index in [9.17, 15) is 4.79 Å². The first kappa shape index (κ1) is 21.5. The van der Waals surface area contributed by atoms with Gasteiger partial charge in [0.15, 0.2) is 0 Å². The number of carbonyl (C=O) groups excluding carboxylic acids is 1. The molecule has 0 unspecified atom stereocenters. The van der Waals surface area contributed by atoms with Crippen LogP contribution in [0.4, 0.5) is 0 Å². The molecule has 160 valence electrons. The summed E-state index contributed by atoms with van der Waals surface area (Å²) in [4.78, 5) is 12.5. The lowest BCUT2D eigenvalue weighted by molar-refractivity contribution is 0.0950. The van der Waals surface area contributed by atoms with Gasteiger partial charge in [-0.2, -0.15) is 10.2 Å². The van der Waals surface area contributed by atoms with Gasteiger partial charge in [-0.15, -0.1) is 0 Å². The fourth-order valence-corrected chi connectivity index (χ4v) is 3.29. The predicted molar refractivity (Wildman–Crippen MR) is 129 cm³/mol. The van der Waals surface area contributed by atoms with Crippen molar-refractivity contribution in [3.05, 3.63) is 106 Å². The summed E-state index contributed by atoms with van der Waals surface area (Å²) in [6.45, 7) is 2.32. The van der Waals surface area contributed by atoms with E-state index < -0.39 is 0 Å². The molecule has 1 aromatic heterocycles. The van der Waals surface area contributed by atoms with Gasteiger partial charge in [-0.1, -0.05) is 70.5 Å². The zero-order valence-corrected chi connectivity index (χ0v) is 19.0. The number of rotatable bonds is 7. The van der Waals surface area contributed by atoms with E-state index in [2.05, 4.69) is 36.7 Å². The summed E-state index contributed by atoms with van der Waals surface area (Å²) in [6.07, 6.45) is 0. The number of benzene rings is 3. The van der Waals surface area contributed by atoms with E-state index in [1.807, 2.05) is 85.8 Å². The quantitative estimate of drug-likeness (QED) is 0.263. The maximum absolute atomic E-state index is 12.5. The van der Waals surface area contributed by atoms with Gasteiger partial charge in [0.05, 0.1) is 11.4 Å². The number of hydrogen-bond acceptors (Lipinski definition) is 4. The third-order valence-electron chi connectivity index (χ3n) is 4.79. The third-order valence-corrected chi connectivity index (χ3v) is 5.32. The summed E-state index contributed by atoms with van der Waals surface area (Å²) in [7, 11) is 0. The molecule has 0 bridgehead atoms. The van der Waals surface area contributed by atoms with E-state index in [0.717, 1.165) is 26.9 Å². The molecule has 0 saturated heterocycles. The van der Waals surface area contributed by atoms with Crippen LogP contribution in [0.25, 0.3) is 11.3 Å². The second-order valence-electron chi connectivity index (χ2n) is 7.11. The summed E-state index contributed by atoms with van der Waals surface area (Å²) < 4.78 is 6.87. The smallest absolute Gasteiger partial charge is 0.289 e. The SMILES string of the molecule is C/C(=N\NC(=O)c1cc(-c2cccc(OCc3ccccc3)c2)n[nH]1)c1ccc(Br)cc1. The zero-order chi connectivity index (χ0) is 22.3. The molecule has 4 rings (SSSR count). The van der Waals surface area contributed by atoms with Crippen molar-refractivity contribution in [2.45, 2.75) is 13.5 Å². The molecule has 32 heavy (non-hydrogen) atoms. The highest BCUT2D eigenvalue weighted by Gasteiger charge is 2.11. The molecule has 0 fully saturated rings. The average Bonchev–Trinajstić information content (AvgIpc) is 3.33. The van der Waals surface area contributed by atoms with Crippen LogP contribution in [0, 0.1) is 0 Å². The van der Waals surface area contributed by atoms with E-state index in [-0.39, 0.29) is 5.91 Å². The van der Waals surface area contributed by atoms with Crippen LogP contribution < -0.4 is 10.2 Å². The van der Waals surface area contributed by atoms with Crippen molar-refractivity contribution in [2.75, 3.05) is 0 Å². The summed E-state index contributed by atoms with van der Waals surface area (Å²) >= 11 is 3.40. The number of H-pyrrole nitrogens is 1. The van der Waals surface area contributed by atoms with E-state index in [4.69, 9.17) is 4.74 Å². The van der Waals surface area contributed by atoms with Crippen molar-refractivity contribution in [2.24, 2.45) is 5.10 Å². The minimum Gasteiger partial charge on any atom is -0.489 e. The molecule has 1 amide bonds. The van der Waals surface area contributed by atoms with Crippen molar-refractivity contribution in [3.63, 3.8) is 0 Å². The summed E-state index contributed by atoms with van der Waals surface area (Å²) in [5.74, 6) is 0.367. The fraction of sp³-hybridized carbons (Fsp3) is 0.0800. The van der Waals surface area contributed by atoms with Crippen LogP contribution in [-0.2, 0) is 6.61 Å². The lowest BCUT2D eigenvalue weighted by Crippen LogP contribution is -2.19. The Morgan fingerprint density at radius 2 is 1.81 bits per heavy atom. The van der Waals surface area contributed by atoms with Crippen molar-refractivity contribution in [1.29, 1.82) is 0 Å². The van der Waals surface area contributed by atoms with Gasteiger partial charge < -0.3 is 4.74 Å². The van der Waals surface area contributed by atoms with Gasteiger partial charge in [-0.25, -0.2) is 5.43 Å². The standard InChI is InChI=1S/C25H21BrN4O2/c1-17(19-10-12-21(26)13-11-19)27-30-25(31)24-15-23(28-29-24)20-8-5-9-22(14-20)32-16-18-6-3-2-4-7-18/h2-15H,16H2,1H3,(H,28,29)(H,30,31)/b27-17+. The van der Waals surface area contributed by atoms with Crippen molar-refractivity contribution in [3.8, 4) is 17.0 Å². The van der Waals surface area contributed by atoms with Crippen LogP contribution in [0.2, 0.25) is 0 Å². The highest BCUT2D eigenvalue weighted by molar-refractivity contribution is 9.10. The molecule has 1 heterocycles. The minimum atomic E-state index is -0.364. The van der Waals surface area contributed by atoms with Crippen LogP contribution in [0.5, 0.6) is 5.75 Å². The van der Waals surface area contributed by atoms with Crippen LogP contribution in [0.15, 0.2) is 94.5 Å². The summed E-state index contributed by atoms with van der Waals surface area (Å²) in [5.41, 5.74) is 7.10. The van der Waals surface area contributed by atoms with E-state index >= 15 is 0 Å². The summed E-state index contributed by atoms with van der Waals surface area (Å²) in [6, 6.07) is 27.0. The third kappa shape index (κ3) is 5.50. The molecule has 0 saturated carbocycles. The molecule has 0 aliphatic rings. The number of hydrogen-bond donors (Lipinski definition) is 2. The van der Waals surface area contributed by atoms with Gasteiger partial charge in [-0.3, -0.25) is 9.89 Å². The largest absolute Gasteiger partial charge is 0.489 e. The number of ether oxygens (including phenoxy) is 1. The lowest BCUT2D eigenvalue weighted by Gasteiger charge is -2.07. The van der Waals surface area contributed by atoms with Crippen LogP contribution in [0.1, 0.15) is 28.5 Å². The second-order valence-corrected chi connectivity index (χ2v) is 8.03. The van der Waals surface area contributed by atoms with E-state index in [1.165, 1.54) is 0 Å². The number of amides is 1. The number of nitrogens with zero attached hydrogens (tertiary/aromatic N) is 2. The highest BCUT2D eigenvalue weighted by atomic mass is 79.9. The highest BCUT2D eigenvalue weighted by Crippen LogP contribution is 2.23. The van der Waals surface area contributed by atoms with E-state index in [1.54, 1.807) is 6.07 Å². The van der Waals surface area contributed by atoms with Crippen molar-refractivity contribution >= 4 is 27.5 Å². The monoisotopic (exact) mass is 488 g/mol. The Kier molecular flexibility index (Phi) is 6.77. The number of carbonyl (C=O) groups is 1. The fourth-order valence-electron chi connectivity index (χ4n) is 3.02. The molecule has 6 nitrogen and oxygen atoms in total. The molecule has 2 N–H and O–H groups in total. The first-order chi connectivity index (χ1) is 15.6. The maximum atomic E-state index is 12.5. The zero-order valence-electron chi connectivity index (χ0n) is 17.4. The van der Waals surface area contributed by atoms with Crippen LogP contribution >= 0.6 is 15.9 Å². The van der Waals surface area contributed by atoms with Gasteiger partial charge in [0, 0.05) is 10.0 Å². The molecule has 0 radical (unpaired) electrons. The Hall–Kier alpha value is -3.71. The van der Waals surface area contributed by atoms with E-state index in [0.29, 0.717) is 23.7 Å². The van der Waals surface area contributed by atoms with Gasteiger partial charge in [0.25, 0.3) is 5.91 Å². The minimum absolute atomic E-state index is 0.322. The first-order valence-corrected chi connectivity index (χ1v) is 10.8. The van der Waals surface area contributed by atoms with Crippen LogP contribution in [-0.4, -0.2) is 21.8 Å². The molecule has 7 heteroatoms. The molecular formula is C25H21BrN4O2. The number of halogens is 1. The van der Waals surface area contributed by atoms with Crippen molar-refractivity contribution in [1.82, 2.24) is 15.6 Å². The predicted octanol–water partition coefficient (Wildman–Crippen LogP) is 5.57. The average molecular weight is 489 g/mol. The lowest BCUT2D eigenvalue weighted by atomic mass is 10.1. The van der Waals surface area contributed by atoms with Gasteiger partial charge >= 0.3 is 0 Å². The molecule has 4 aromatic rings. The molecule has 0 atom stereocenters. The Bertz CT molecular complexity index is 1230. The second kappa shape index (κ2) is 10.1. The molecule has 3 aromatic carbocycles. The van der Waals surface area contributed by atoms with Crippen molar-refractivity contribution < 1.29 is 9.53 Å². The first-order valence-electron chi connectivity index (χ1n) is 10.0. The molecule has 0 aliphatic carbocycles. The number of aromatic nitrogens is 2. The van der Waals surface area contributed by atoms with Crippen LogP contribution in [0.3, 0.4) is 0 Å². The number of hydrazone groups is 1. The Labute approximate surface area is 194 Å². The normalized spacial score (nSPS) is 11.2. The number of nitrogens with one attached hydrogen (secondary N) is 2. The molecule has 0 aliphatic heterocycles. The Morgan fingerprint density at radius 1 is 1.03 bits per heavy atom. The van der Waals surface area contributed by atoms with Gasteiger partial charge in [0.1, 0.15) is 18.1 Å².